The molecule has 1 aliphatic carbocycles. The molecule has 1 aromatic rings. The molecular formula is C13H14F2N2O. The number of alkyl halides is 1. The highest BCUT2D eigenvalue weighted by atomic mass is 19.1. The van der Waals surface area contributed by atoms with E-state index in [2.05, 4.69) is 5.43 Å². The molecule has 1 aromatic carbocycles. The number of hydrogen-bond donors (Lipinski definition) is 2. The van der Waals surface area contributed by atoms with Gasteiger partial charge in [-0.15, -0.1) is 0 Å². The van der Waals surface area contributed by atoms with E-state index in [1.807, 2.05) is 0 Å². The normalized spacial score (nSPS) is 23.3. The predicted octanol–water partition coefficient (Wildman–Crippen LogP) is 2.22. The maximum Gasteiger partial charge on any atom is 0.165 e. The van der Waals surface area contributed by atoms with E-state index in [4.69, 9.17) is 10.6 Å². The molecule has 0 aromatic heterocycles. The van der Waals surface area contributed by atoms with Crippen molar-refractivity contribution in [3.05, 3.63) is 53.6 Å². The first-order chi connectivity index (χ1) is 8.61. The third kappa shape index (κ3) is 2.57. The van der Waals surface area contributed by atoms with Gasteiger partial charge in [-0.05, 0) is 36.8 Å². The highest BCUT2D eigenvalue weighted by Gasteiger charge is 2.24. The van der Waals surface area contributed by atoms with Crippen LogP contribution in [-0.2, 0) is 0 Å². The Morgan fingerprint density at radius 1 is 1.33 bits per heavy atom. The number of nitrogens with one attached hydrogen (secondary N) is 1. The quantitative estimate of drug-likeness (QED) is 0.640. The van der Waals surface area contributed by atoms with Crippen LogP contribution in [0.3, 0.4) is 0 Å². The predicted molar refractivity (Wildman–Crippen MR) is 64.9 cm³/mol. The highest BCUT2D eigenvalue weighted by Crippen LogP contribution is 2.24. The summed E-state index contributed by atoms with van der Waals surface area (Å²) in [6.07, 6.45) is 1.60. The van der Waals surface area contributed by atoms with Crippen LogP contribution >= 0.6 is 0 Å². The van der Waals surface area contributed by atoms with Crippen LogP contribution in [0, 0.1) is 5.82 Å². The van der Waals surface area contributed by atoms with Crippen molar-refractivity contribution in [1.82, 2.24) is 5.43 Å². The zero-order valence-corrected chi connectivity index (χ0v) is 9.86. The van der Waals surface area contributed by atoms with Gasteiger partial charge >= 0.3 is 0 Å². The summed E-state index contributed by atoms with van der Waals surface area (Å²) in [5, 5.41) is 0. The lowest BCUT2D eigenvalue weighted by atomic mass is 9.98. The maximum absolute atomic E-state index is 13.7. The second-order valence-electron chi connectivity index (χ2n) is 4.08. The monoisotopic (exact) mass is 252 g/mol. The number of ether oxygens (including phenoxy) is 1. The molecule has 96 valence electrons. The summed E-state index contributed by atoms with van der Waals surface area (Å²) in [7, 11) is 0. The van der Waals surface area contributed by atoms with Crippen molar-refractivity contribution in [2.75, 3.05) is 0 Å². The molecule has 0 heterocycles. The Morgan fingerprint density at radius 2 is 2.06 bits per heavy atom. The van der Waals surface area contributed by atoms with E-state index < -0.39 is 18.0 Å². The average Bonchev–Trinajstić information content (AvgIpc) is 2.32. The summed E-state index contributed by atoms with van der Waals surface area (Å²) in [5.41, 5.74) is 3.08. The molecule has 2 unspecified atom stereocenters. The van der Waals surface area contributed by atoms with Crippen molar-refractivity contribution in [2.24, 2.45) is 5.84 Å². The van der Waals surface area contributed by atoms with E-state index in [1.54, 1.807) is 25.1 Å². The molecule has 3 N–H and O–H groups in total. The molecule has 0 saturated heterocycles. The standard InChI is InChI=1S/C13H14F2N2O/c1-8-6-9(7-11(15)13(8)17-16)18-12-5-3-2-4-10(12)14/h2-7,11,13,17H,16H2,1H3. The fraction of sp³-hybridized carbons (Fsp3) is 0.231. The third-order valence-electron chi connectivity index (χ3n) is 2.75. The zero-order valence-electron chi connectivity index (χ0n) is 9.86. The lowest BCUT2D eigenvalue weighted by Crippen LogP contribution is -2.43. The fourth-order valence-corrected chi connectivity index (χ4v) is 1.81. The molecule has 5 heteroatoms. The topological polar surface area (TPSA) is 47.3 Å². The van der Waals surface area contributed by atoms with E-state index in [0.717, 1.165) is 0 Å². The van der Waals surface area contributed by atoms with E-state index in [-0.39, 0.29) is 11.5 Å². The van der Waals surface area contributed by atoms with Gasteiger partial charge in [0.25, 0.3) is 0 Å². The van der Waals surface area contributed by atoms with Crippen LogP contribution in [0.1, 0.15) is 6.92 Å². The van der Waals surface area contributed by atoms with Crippen LogP contribution in [0.5, 0.6) is 5.75 Å². The Bertz CT molecular complexity index is 500. The van der Waals surface area contributed by atoms with Crippen molar-refractivity contribution >= 4 is 0 Å². The third-order valence-corrected chi connectivity index (χ3v) is 2.75. The van der Waals surface area contributed by atoms with Gasteiger partial charge in [0.1, 0.15) is 11.9 Å². The van der Waals surface area contributed by atoms with E-state index in [9.17, 15) is 8.78 Å². The van der Waals surface area contributed by atoms with Gasteiger partial charge in [-0.25, -0.2) is 8.78 Å². The summed E-state index contributed by atoms with van der Waals surface area (Å²) in [6, 6.07) is 5.41. The van der Waals surface area contributed by atoms with E-state index in [0.29, 0.717) is 5.57 Å². The Balaban J connectivity index is 2.19. The number of hydrazine groups is 1. The smallest absolute Gasteiger partial charge is 0.165 e. The number of allylic oxidation sites excluding steroid dienone is 1. The fourth-order valence-electron chi connectivity index (χ4n) is 1.81. The summed E-state index contributed by atoms with van der Waals surface area (Å²) in [4.78, 5) is 0. The van der Waals surface area contributed by atoms with Crippen LogP contribution in [-0.4, -0.2) is 12.2 Å². The SMILES string of the molecule is CC1=CC(Oc2ccccc2F)=CC(F)C1NN. The zero-order chi connectivity index (χ0) is 13.1. The van der Waals surface area contributed by atoms with Crippen LogP contribution < -0.4 is 16.0 Å². The molecule has 1 aliphatic rings. The summed E-state index contributed by atoms with van der Waals surface area (Å²) < 4.78 is 32.4. The van der Waals surface area contributed by atoms with Crippen molar-refractivity contribution in [2.45, 2.75) is 19.1 Å². The highest BCUT2D eigenvalue weighted by molar-refractivity contribution is 5.34. The number of para-hydroxylation sites is 1. The van der Waals surface area contributed by atoms with Gasteiger partial charge in [0.15, 0.2) is 11.6 Å². The second kappa shape index (κ2) is 5.29. The summed E-state index contributed by atoms with van der Waals surface area (Å²) in [6.45, 7) is 1.73. The molecule has 2 atom stereocenters. The number of benzene rings is 1. The van der Waals surface area contributed by atoms with Gasteiger partial charge in [0, 0.05) is 0 Å². The summed E-state index contributed by atoms with van der Waals surface area (Å²) in [5.74, 6) is 5.10. The van der Waals surface area contributed by atoms with Crippen molar-refractivity contribution < 1.29 is 13.5 Å². The van der Waals surface area contributed by atoms with Crippen LogP contribution in [0.15, 0.2) is 47.7 Å². The molecule has 0 saturated carbocycles. The molecule has 0 aliphatic heterocycles. The van der Waals surface area contributed by atoms with Gasteiger partial charge in [0.05, 0.1) is 6.04 Å². The van der Waals surface area contributed by atoms with E-state index in [1.165, 1.54) is 18.2 Å². The van der Waals surface area contributed by atoms with E-state index >= 15 is 0 Å². The minimum Gasteiger partial charge on any atom is -0.455 e. The van der Waals surface area contributed by atoms with Crippen molar-refractivity contribution in [3.63, 3.8) is 0 Å². The molecule has 0 radical (unpaired) electrons. The first-order valence-electron chi connectivity index (χ1n) is 5.54. The molecular weight excluding hydrogens is 238 g/mol. The first kappa shape index (κ1) is 12.7. The Labute approximate surface area is 104 Å². The summed E-state index contributed by atoms with van der Waals surface area (Å²) >= 11 is 0. The Hall–Kier alpha value is -1.72. The molecule has 0 spiro atoms. The number of halogens is 2. The minimum atomic E-state index is -1.30. The lowest BCUT2D eigenvalue weighted by Gasteiger charge is -2.24. The van der Waals surface area contributed by atoms with Crippen molar-refractivity contribution in [1.29, 1.82) is 0 Å². The van der Waals surface area contributed by atoms with Gasteiger partial charge < -0.3 is 4.74 Å². The Morgan fingerprint density at radius 3 is 2.67 bits per heavy atom. The number of rotatable bonds is 3. The number of nitrogens with two attached hydrogens (primary N) is 1. The van der Waals surface area contributed by atoms with Crippen molar-refractivity contribution in [3.8, 4) is 5.75 Å². The van der Waals surface area contributed by atoms with Crippen LogP contribution in [0.4, 0.5) is 8.78 Å². The lowest BCUT2D eigenvalue weighted by molar-refractivity contribution is 0.307. The van der Waals surface area contributed by atoms with Gasteiger partial charge in [-0.1, -0.05) is 12.1 Å². The maximum atomic E-state index is 13.7. The Kier molecular flexibility index (Phi) is 3.74. The van der Waals surface area contributed by atoms with Crippen LogP contribution in [0.2, 0.25) is 0 Å². The van der Waals surface area contributed by atoms with Gasteiger partial charge in [-0.3, -0.25) is 11.3 Å². The molecule has 3 nitrogen and oxygen atoms in total. The first-order valence-corrected chi connectivity index (χ1v) is 5.54. The van der Waals surface area contributed by atoms with Gasteiger partial charge in [0.2, 0.25) is 0 Å². The van der Waals surface area contributed by atoms with Crippen LogP contribution in [0.25, 0.3) is 0 Å². The number of hydrogen-bond acceptors (Lipinski definition) is 3. The molecule has 18 heavy (non-hydrogen) atoms. The molecule has 2 rings (SSSR count). The second-order valence-corrected chi connectivity index (χ2v) is 4.08. The average molecular weight is 252 g/mol. The molecule has 0 bridgehead atoms. The van der Waals surface area contributed by atoms with Gasteiger partial charge in [-0.2, -0.15) is 0 Å². The largest absolute Gasteiger partial charge is 0.455 e. The minimum absolute atomic E-state index is 0.0687. The molecule has 0 fully saturated rings. The molecule has 0 amide bonds.